The highest BCUT2D eigenvalue weighted by atomic mass is 79.9. The highest BCUT2D eigenvalue weighted by Gasteiger charge is 2.15. The lowest BCUT2D eigenvalue weighted by atomic mass is 10.1. The van der Waals surface area contributed by atoms with Gasteiger partial charge in [-0.2, -0.15) is 5.10 Å². The molecule has 0 N–H and O–H groups in total. The van der Waals surface area contributed by atoms with Crippen LogP contribution in [0.25, 0.3) is 27.7 Å². The fourth-order valence-corrected chi connectivity index (χ4v) is 3.21. The number of hydrogen-bond acceptors (Lipinski definition) is 2. The van der Waals surface area contributed by atoms with Crippen LogP contribution >= 0.6 is 15.9 Å². The summed E-state index contributed by atoms with van der Waals surface area (Å²) in [6.45, 7) is 2.11. The zero-order valence-corrected chi connectivity index (χ0v) is 13.0. The standard InChI is InChI=1S/C17H12BrN3/c1-11-16(12-6-2-4-8-14(12)18)20-21-10-19-15-9-5-3-7-13(15)17(11)21/h2-10H,1H3. The Morgan fingerprint density at radius 3 is 2.62 bits per heavy atom. The molecule has 4 aromatic rings. The van der Waals surface area contributed by atoms with Crippen LogP contribution in [0.1, 0.15) is 5.56 Å². The SMILES string of the molecule is Cc1c(-c2ccccc2Br)nn2cnc3ccccc3c12. The molecule has 102 valence electrons. The third-order valence-electron chi connectivity index (χ3n) is 3.74. The van der Waals surface area contributed by atoms with Crippen LogP contribution in [0.4, 0.5) is 0 Å². The highest BCUT2D eigenvalue weighted by Crippen LogP contribution is 2.33. The fourth-order valence-electron chi connectivity index (χ4n) is 2.74. The number of nitrogens with zero attached hydrogens (tertiary/aromatic N) is 3. The number of hydrogen-bond donors (Lipinski definition) is 0. The topological polar surface area (TPSA) is 30.2 Å². The van der Waals surface area contributed by atoms with Gasteiger partial charge in [-0.1, -0.05) is 52.3 Å². The Kier molecular flexibility index (Phi) is 2.79. The molecule has 3 nitrogen and oxygen atoms in total. The third kappa shape index (κ3) is 1.87. The minimum absolute atomic E-state index is 0.987. The van der Waals surface area contributed by atoms with E-state index in [0.29, 0.717) is 0 Å². The van der Waals surface area contributed by atoms with Gasteiger partial charge in [0.15, 0.2) is 0 Å². The molecule has 4 rings (SSSR count). The smallest absolute Gasteiger partial charge is 0.118 e. The predicted octanol–water partition coefficient (Wildman–Crippen LogP) is 4.62. The lowest BCUT2D eigenvalue weighted by Gasteiger charge is -2.01. The number of aromatic nitrogens is 3. The molecule has 0 radical (unpaired) electrons. The van der Waals surface area contributed by atoms with Crippen LogP contribution in [0.2, 0.25) is 0 Å². The van der Waals surface area contributed by atoms with E-state index in [1.807, 2.05) is 40.9 Å². The van der Waals surface area contributed by atoms with Crippen LogP contribution in [-0.4, -0.2) is 14.6 Å². The summed E-state index contributed by atoms with van der Waals surface area (Å²) in [5, 5.41) is 5.85. The van der Waals surface area contributed by atoms with E-state index >= 15 is 0 Å². The van der Waals surface area contributed by atoms with Crippen LogP contribution in [0.5, 0.6) is 0 Å². The number of para-hydroxylation sites is 1. The van der Waals surface area contributed by atoms with Gasteiger partial charge in [0, 0.05) is 21.0 Å². The van der Waals surface area contributed by atoms with Crippen LogP contribution in [0, 0.1) is 6.92 Å². The molecule has 0 bridgehead atoms. The molecular weight excluding hydrogens is 326 g/mol. The van der Waals surface area contributed by atoms with Crippen molar-refractivity contribution in [3.63, 3.8) is 0 Å². The summed E-state index contributed by atoms with van der Waals surface area (Å²) in [5.41, 5.74) is 5.36. The maximum absolute atomic E-state index is 4.72. The monoisotopic (exact) mass is 337 g/mol. The van der Waals surface area contributed by atoms with E-state index in [9.17, 15) is 0 Å². The first-order valence-electron chi connectivity index (χ1n) is 6.73. The van der Waals surface area contributed by atoms with E-state index in [0.717, 1.165) is 32.1 Å². The second kappa shape index (κ2) is 4.67. The van der Waals surface area contributed by atoms with Crippen LogP contribution in [-0.2, 0) is 0 Å². The zero-order chi connectivity index (χ0) is 14.4. The average Bonchev–Trinajstić information content (AvgIpc) is 2.85. The molecule has 0 unspecified atom stereocenters. The zero-order valence-electron chi connectivity index (χ0n) is 11.4. The number of rotatable bonds is 1. The molecule has 0 amide bonds. The maximum atomic E-state index is 4.72. The molecule has 0 aliphatic carbocycles. The van der Waals surface area contributed by atoms with E-state index in [4.69, 9.17) is 5.10 Å². The van der Waals surface area contributed by atoms with Gasteiger partial charge in [0.1, 0.15) is 6.33 Å². The van der Waals surface area contributed by atoms with Crippen molar-refractivity contribution in [3.8, 4) is 11.3 Å². The normalized spacial score (nSPS) is 11.3. The van der Waals surface area contributed by atoms with E-state index in [2.05, 4.69) is 40.0 Å². The van der Waals surface area contributed by atoms with Crippen molar-refractivity contribution in [2.24, 2.45) is 0 Å². The van der Waals surface area contributed by atoms with E-state index in [1.165, 1.54) is 5.56 Å². The first-order chi connectivity index (χ1) is 10.3. The lowest BCUT2D eigenvalue weighted by molar-refractivity contribution is 0.938. The first-order valence-corrected chi connectivity index (χ1v) is 7.52. The van der Waals surface area contributed by atoms with Crippen molar-refractivity contribution in [1.29, 1.82) is 0 Å². The summed E-state index contributed by atoms with van der Waals surface area (Å²) in [5.74, 6) is 0. The third-order valence-corrected chi connectivity index (χ3v) is 4.43. The summed E-state index contributed by atoms with van der Waals surface area (Å²) in [6.07, 6.45) is 1.78. The summed E-state index contributed by atoms with van der Waals surface area (Å²) in [6, 6.07) is 16.3. The number of benzene rings is 2. The lowest BCUT2D eigenvalue weighted by Crippen LogP contribution is -1.90. The van der Waals surface area contributed by atoms with Gasteiger partial charge in [0.2, 0.25) is 0 Å². The van der Waals surface area contributed by atoms with Gasteiger partial charge < -0.3 is 0 Å². The molecule has 2 aromatic heterocycles. The Hall–Kier alpha value is -2.20. The second-order valence-corrected chi connectivity index (χ2v) is 5.86. The van der Waals surface area contributed by atoms with Crippen molar-refractivity contribution in [2.45, 2.75) is 6.92 Å². The van der Waals surface area contributed by atoms with E-state index in [1.54, 1.807) is 6.33 Å². The minimum Gasteiger partial charge on any atom is -0.236 e. The molecule has 0 spiro atoms. The van der Waals surface area contributed by atoms with Crippen molar-refractivity contribution < 1.29 is 0 Å². The summed E-state index contributed by atoms with van der Waals surface area (Å²) in [4.78, 5) is 4.47. The quantitative estimate of drug-likeness (QED) is 0.507. The Morgan fingerprint density at radius 1 is 1.00 bits per heavy atom. The van der Waals surface area contributed by atoms with Gasteiger partial charge in [-0.05, 0) is 19.1 Å². The molecule has 2 heterocycles. The van der Waals surface area contributed by atoms with Crippen LogP contribution in [0.15, 0.2) is 59.3 Å². The van der Waals surface area contributed by atoms with Crippen molar-refractivity contribution in [1.82, 2.24) is 14.6 Å². The minimum atomic E-state index is 0.987. The molecular formula is C17H12BrN3. The predicted molar refractivity (Wildman–Crippen MR) is 88.4 cm³/mol. The van der Waals surface area contributed by atoms with E-state index in [-0.39, 0.29) is 0 Å². The van der Waals surface area contributed by atoms with Crippen molar-refractivity contribution in [2.75, 3.05) is 0 Å². The highest BCUT2D eigenvalue weighted by molar-refractivity contribution is 9.10. The summed E-state index contributed by atoms with van der Waals surface area (Å²) >= 11 is 3.61. The molecule has 0 saturated carbocycles. The summed E-state index contributed by atoms with van der Waals surface area (Å²) in [7, 11) is 0. The van der Waals surface area contributed by atoms with Gasteiger partial charge in [-0.3, -0.25) is 0 Å². The molecule has 0 aliphatic heterocycles. The molecule has 2 aromatic carbocycles. The molecule has 0 fully saturated rings. The van der Waals surface area contributed by atoms with Gasteiger partial charge in [0.25, 0.3) is 0 Å². The summed E-state index contributed by atoms with van der Waals surface area (Å²) < 4.78 is 2.92. The van der Waals surface area contributed by atoms with Crippen molar-refractivity contribution in [3.05, 3.63) is 64.9 Å². The van der Waals surface area contributed by atoms with Gasteiger partial charge in [-0.25, -0.2) is 9.50 Å². The molecule has 4 heteroatoms. The number of aryl methyl sites for hydroxylation is 1. The largest absolute Gasteiger partial charge is 0.236 e. The van der Waals surface area contributed by atoms with E-state index < -0.39 is 0 Å². The maximum Gasteiger partial charge on any atom is 0.118 e. The van der Waals surface area contributed by atoms with Gasteiger partial charge >= 0.3 is 0 Å². The first kappa shape index (κ1) is 12.5. The van der Waals surface area contributed by atoms with Gasteiger partial charge in [-0.15, -0.1) is 0 Å². The Morgan fingerprint density at radius 2 is 1.76 bits per heavy atom. The molecule has 0 aliphatic rings. The van der Waals surface area contributed by atoms with Gasteiger partial charge in [0.05, 0.1) is 16.7 Å². The Labute approximate surface area is 130 Å². The van der Waals surface area contributed by atoms with Crippen molar-refractivity contribution >= 4 is 32.3 Å². The Balaban J connectivity index is 2.12. The second-order valence-electron chi connectivity index (χ2n) is 5.01. The molecule has 21 heavy (non-hydrogen) atoms. The number of fused-ring (bicyclic) bond motifs is 3. The molecule has 0 saturated heterocycles. The fraction of sp³-hybridized carbons (Fsp3) is 0.0588. The average molecular weight is 338 g/mol. The Bertz CT molecular complexity index is 972. The van der Waals surface area contributed by atoms with Crippen LogP contribution < -0.4 is 0 Å². The molecule has 0 atom stereocenters. The number of halogens is 1. The van der Waals surface area contributed by atoms with Crippen LogP contribution in [0.3, 0.4) is 0 Å².